The molecule has 2 heterocycles. The number of nitrogens with one attached hydrogen (secondary N) is 2. The van der Waals surface area contributed by atoms with E-state index in [0.29, 0.717) is 0 Å². The zero-order chi connectivity index (χ0) is 16.9. The Kier molecular flexibility index (Phi) is 5.09. The van der Waals surface area contributed by atoms with Crippen LogP contribution in [-0.2, 0) is 6.54 Å². The van der Waals surface area contributed by atoms with Gasteiger partial charge in [-0.2, -0.15) is 0 Å². The number of likely N-dealkylation sites (tertiary alicyclic amines) is 1. The molecule has 1 aromatic heterocycles. The molecule has 1 aliphatic heterocycles. The number of para-hydroxylation sites is 2. The number of fused-ring (bicyclic) bond motifs is 1. The summed E-state index contributed by atoms with van der Waals surface area (Å²) in [5.74, 6) is 0.941. The van der Waals surface area contributed by atoms with Gasteiger partial charge in [-0.05, 0) is 49.7 Å². The van der Waals surface area contributed by atoms with E-state index in [-0.39, 0.29) is 0 Å². The van der Waals surface area contributed by atoms with E-state index in [1.165, 1.54) is 37.9 Å². The molecule has 3 aromatic rings. The number of hydrogen-bond acceptors (Lipinski definition) is 3. The van der Waals surface area contributed by atoms with Crippen molar-refractivity contribution in [3.63, 3.8) is 0 Å². The number of hydrogen-bond donors (Lipinski definition) is 2. The molecule has 0 aliphatic carbocycles. The SMILES string of the molecule is c1cc(CNCCN2CCCCC2)cc(-c2nc3ccccc3[nH]2)c1. The van der Waals surface area contributed by atoms with E-state index in [0.717, 1.165) is 42.1 Å². The molecule has 1 aliphatic rings. The minimum absolute atomic E-state index is 0.905. The number of H-pyrrole nitrogens is 1. The van der Waals surface area contributed by atoms with Gasteiger partial charge in [-0.15, -0.1) is 0 Å². The lowest BCUT2D eigenvalue weighted by molar-refractivity contribution is 0.229. The van der Waals surface area contributed by atoms with Gasteiger partial charge >= 0.3 is 0 Å². The maximum absolute atomic E-state index is 4.70. The Morgan fingerprint density at radius 3 is 2.76 bits per heavy atom. The van der Waals surface area contributed by atoms with Gasteiger partial charge in [0.15, 0.2) is 0 Å². The number of imidazole rings is 1. The summed E-state index contributed by atoms with van der Waals surface area (Å²) >= 11 is 0. The van der Waals surface area contributed by atoms with E-state index in [4.69, 9.17) is 4.98 Å². The van der Waals surface area contributed by atoms with Gasteiger partial charge in [-0.25, -0.2) is 4.98 Å². The summed E-state index contributed by atoms with van der Waals surface area (Å²) in [5, 5.41) is 3.58. The zero-order valence-electron chi connectivity index (χ0n) is 14.7. The smallest absolute Gasteiger partial charge is 0.138 e. The number of aromatic amines is 1. The predicted molar refractivity (Wildman–Crippen MR) is 104 cm³/mol. The van der Waals surface area contributed by atoms with Crippen LogP contribution in [0.15, 0.2) is 48.5 Å². The molecular formula is C21H26N4. The summed E-state index contributed by atoms with van der Waals surface area (Å²) in [4.78, 5) is 10.7. The van der Waals surface area contributed by atoms with Crippen molar-refractivity contribution in [1.29, 1.82) is 0 Å². The molecule has 4 rings (SSSR count). The van der Waals surface area contributed by atoms with Crippen molar-refractivity contribution in [2.45, 2.75) is 25.8 Å². The Labute approximate surface area is 149 Å². The molecule has 0 atom stereocenters. The van der Waals surface area contributed by atoms with Gasteiger partial charge in [-0.3, -0.25) is 0 Å². The van der Waals surface area contributed by atoms with Crippen LogP contribution in [0.2, 0.25) is 0 Å². The Hall–Kier alpha value is -2.17. The Balaban J connectivity index is 1.36. The fraction of sp³-hybridized carbons (Fsp3) is 0.381. The van der Waals surface area contributed by atoms with Crippen LogP contribution in [0.3, 0.4) is 0 Å². The molecule has 25 heavy (non-hydrogen) atoms. The van der Waals surface area contributed by atoms with E-state index in [1.807, 2.05) is 18.2 Å². The third-order valence-corrected chi connectivity index (χ3v) is 4.97. The first-order valence-electron chi connectivity index (χ1n) is 9.36. The van der Waals surface area contributed by atoms with Gasteiger partial charge in [0.25, 0.3) is 0 Å². The minimum atomic E-state index is 0.905. The average molecular weight is 334 g/mol. The highest BCUT2D eigenvalue weighted by molar-refractivity contribution is 5.79. The van der Waals surface area contributed by atoms with Crippen molar-refractivity contribution in [2.75, 3.05) is 26.2 Å². The van der Waals surface area contributed by atoms with E-state index < -0.39 is 0 Å². The zero-order valence-corrected chi connectivity index (χ0v) is 14.7. The van der Waals surface area contributed by atoms with Crippen LogP contribution in [0.4, 0.5) is 0 Å². The fourth-order valence-electron chi connectivity index (χ4n) is 3.57. The quantitative estimate of drug-likeness (QED) is 0.674. The van der Waals surface area contributed by atoms with Crippen LogP contribution in [0.5, 0.6) is 0 Å². The standard InChI is InChI=1S/C21H26N4/c1-4-12-25(13-5-1)14-11-22-16-17-7-6-8-18(15-17)21-23-19-9-2-3-10-20(19)24-21/h2-3,6-10,15,22H,1,4-5,11-14,16H2,(H,23,24). The van der Waals surface area contributed by atoms with Gasteiger partial charge in [0, 0.05) is 25.2 Å². The Bertz CT molecular complexity index is 784. The molecule has 0 unspecified atom stereocenters. The first-order chi connectivity index (χ1) is 12.4. The molecule has 130 valence electrons. The lowest BCUT2D eigenvalue weighted by Crippen LogP contribution is -2.35. The summed E-state index contributed by atoms with van der Waals surface area (Å²) in [6, 6.07) is 16.8. The first kappa shape index (κ1) is 16.3. The second-order valence-electron chi connectivity index (χ2n) is 6.88. The van der Waals surface area contributed by atoms with Gasteiger partial charge in [-0.1, -0.05) is 36.8 Å². The fourth-order valence-corrected chi connectivity index (χ4v) is 3.57. The lowest BCUT2D eigenvalue weighted by Gasteiger charge is -2.26. The molecule has 0 saturated carbocycles. The molecule has 0 amide bonds. The van der Waals surface area contributed by atoms with Crippen molar-refractivity contribution in [3.05, 3.63) is 54.1 Å². The Morgan fingerprint density at radius 2 is 1.88 bits per heavy atom. The van der Waals surface area contributed by atoms with E-state index in [9.17, 15) is 0 Å². The Morgan fingerprint density at radius 1 is 1.00 bits per heavy atom. The largest absolute Gasteiger partial charge is 0.338 e. The minimum Gasteiger partial charge on any atom is -0.338 e. The number of nitrogens with zero attached hydrogens (tertiary/aromatic N) is 2. The monoisotopic (exact) mass is 334 g/mol. The summed E-state index contributed by atoms with van der Waals surface area (Å²) in [6.45, 7) is 5.65. The van der Waals surface area contributed by atoms with Crippen molar-refractivity contribution < 1.29 is 0 Å². The second kappa shape index (κ2) is 7.81. The predicted octanol–water partition coefficient (Wildman–Crippen LogP) is 3.81. The van der Waals surface area contributed by atoms with Crippen LogP contribution in [0.25, 0.3) is 22.4 Å². The third-order valence-electron chi connectivity index (χ3n) is 4.97. The van der Waals surface area contributed by atoms with Gasteiger partial charge < -0.3 is 15.2 Å². The summed E-state index contributed by atoms with van der Waals surface area (Å²) in [6.07, 6.45) is 4.12. The topological polar surface area (TPSA) is 44.0 Å². The van der Waals surface area contributed by atoms with Crippen LogP contribution in [0.1, 0.15) is 24.8 Å². The van der Waals surface area contributed by atoms with Crippen molar-refractivity contribution in [3.8, 4) is 11.4 Å². The van der Waals surface area contributed by atoms with Crippen LogP contribution in [-0.4, -0.2) is 41.0 Å². The van der Waals surface area contributed by atoms with E-state index in [1.54, 1.807) is 0 Å². The summed E-state index contributed by atoms with van der Waals surface area (Å²) in [7, 11) is 0. The molecular weight excluding hydrogens is 308 g/mol. The molecule has 0 spiro atoms. The van der Waals surface area contributed by atoms with Crippen LogP contribution < -0.4 is 5.32 Å². The highest BCUT2D eigenvalue weighted by Crippen LogP contribution is 2.21. The highest BCUT2D eigenvalue weighted by Gasteiger charge is 2.09. The molecule has 2 N–H and O–H groups in total. The number of benzene rings is 2. The number of rotatable bonds is 6. The van der Waals surface area contributed by atoms with E-state index >= 15 is 0 Å². The van der Waals surface area contributed by atoms with Crippen molar-refractivity contribution >= 4 is 11.0 Å². The van der Waals surface area contributed by atoms with Crippen molar-refractivity contribution in [2.24, 2.45) is 0 Å². The van der Waals surface area contributed by atoms with Crippen molar-refractivity contribution in [1.82, 2.24) is 20.2 Å². The van der Waals surface area contributed by atoms with Gasteiger partial charge in [0.1, 0.15) is 5.82 Å². The molecule has 0 radical (unpaired) electrons. The second-order valence-corrected chi connectivity index (χ2v) is 6.88. The highest BCUT2D eigenvalue weighted by atomic mass is 15.1. The number of piperidine rings is 1. The molecule has 1 saturated heterocycles. The number of aromatic nitrogens is 2. The van der Waals surface area contributed by atoms with E-state index in [2.05, 4.69) is 45.5 Å². The molecule has 4 heteroatoms. The van der Waals surface area contributed by atoms with Crippen LogP contribution >= 0.6 is 0 Å². The lowest BCUT2D eigenvalue weighted by atomic mass is 10.1. The first-order valence-corrected chi connectivity index (χ1v) is 9.36. The average Bonchev–Trinajstić information content (AvgIpc) is 3.11. The summed E-state index contributed by atoms with van der Waals surface area (Å²) < 4.78 is 0. The maximum atomic E-state index is 4.70. The molecule has 0 bridgehead atoms. The van der Waals surface area contributed by atoms with Crippen LogP contribution in [0, 0.1) is 0 Å². The third kappa shape index (κ3) is 4.09. The molecule has 1 fully saturated rings. The summed E-state index contributed by atoms with van der Waals surface area (Å²) in [5.41, 5.74) is 4.55. The van der Waals surface area contributed by atoms with Gasteiger partial charge in [0.2, 0.25) is 0 Å². The van der Waals surface area contributed by atoms with Gasteiger partial charge in [0.05, 0.1) is 11.0 Å². The molecule has 2 aromatic carbocycles. The normalized spacial score (nSPS) is 15.7. The maximum Gasteiger partial charge on any atom is 0.138 e. The molecule has 4 nitrogen and oxygen atoms in total.